The van der Waals surface area contributed by atoms with Crippen molar-refractivity contribution in [2.24, 2.45) is 0 Å². The highest BCUT2D eigenvalue weighted by molar-refractivity contribution is 6.30. The number of hydrogen-bond donors (Lipinski definition) is 0. The van der Waals surface area contributed by atoms with Crippen LogP contribution in [0.25, 0.3) is 11.4 Å². The van der Waals surface area contributed by atoms with Crippen LogP contribution in [-0.4, -0.2) is 61.2 Å². The third-order valence-electron chi connectivity index (χ3n) is 4.79. The number of halogens is 1. The van der Waals surface area contributed by atoms with Gasteiger partial charge in [0.25, 0.3) is 5.91 Å². The molecule has 0 saturated heterocycles. The molecule has 2 aromatic carbocycles. The number of fused-ring (bicyclic) bond motifs is 1. The molecular formula is C22H22ClN3O6. The predicted molar refractivity (Wildman–Crippen MR) is 115 cm³/mol. The minimum Gasteiger partial charge on any atom is -0.484 e. The molecule has 9 nitrogen and oxygen atoms in total. The van der Waals surface area contributed by atoms with Crippen molar-refractivity contribution >= 4 is 17.5 Å². The average molecular weight is 460 g/mol. The monoisotopic (exact) mass is 459 g/mol. The lowest BCUT2D eigenvalue weighted by Gasteiger charge is -2.21. The minimum absolute atomic E-state index is 0.0996. The number of hydrogen-bond acceptors (Lipinski definition) is 8. The van der Waals surface area contributed by atoms with Gasteiger partial charge in [0, 0.05) is 37.2 Å². The molecule has 1 aromatic heterocycles. The molecule has 2 heterocycles. The second-order valence-corrected chi connectivity index (χ2v) is 7.38. The Kier molecular flexibility index (Phi) is 7.08. The van der Waals surface area contributed by atoms with Crippen LogP contribution in [0.5, 0.6) is 17.2 Å². The van der Waals surface area contributed by atoms with Crippen molar-refractivity contribution < 1.29 is 28.3 Å². The van der Waals surface area contributed by atoms with Gasteiger partial charge in [-0.3, -0.25) is 4.79 Å². The standard InChI is InChI=1S/C22H22ClN3O6/c1-28-11-10-26(21(27)13-29-17-5-3-16(23)4-6-17)9-8-20-24-22(25-32-20)15-2-7-18-19(12-15)31-14-30-18/h2-7,12H,8-11,13-14H2,1H3. The topological polar surface area (TPSA) is 96.2 Å². The number of rotatable bonds is 10. The number of nitrogens with zero attached hydrogens (tertiary/aromatic N) is 3. The Morgan fingerprint density at radius 3 is 2.75 bits per heavy atom. The number of carbonyl (C=O) groups excluding carboxylic acids is 1. The lowest BCUT2D eigenvalue weighted by Crippen LogP contribution is -2.38. The molecule has 4 rings (SSSR count). The fourth-order valence-corrected chi connectivity index (χ4v) is 3.20. The molecule has 10 heteroatoms. The van der Waals surface area contributed by atoms with Crippen LogP contribution in [-0.2, 0) is 16.0 Å². The summed E-state index contributed by atoms with van der Waals surface area (Å²) in [5.74, 6) is 2.59. The van der Waals surface area contributed by atoms with Gasteiger partial charge < -0.3 is 28.4 Å². The number of benzene rings is 2. The van der Waals surface area contributed by atoms with Crippen molar-refractivity contribution in [3.8, 4) is 28.6 Å². The third kappa shape index (κ3) is 5.49. The molecule has 0 bridgehead atoms. The summed E-state index contributed by atoms with van der Waals surface area (Å²) in [5, 5.41) is 4.64. The lowest BCUT2D eigenvalue weighted by atomic mass is 10.2. The number of aromatic nitrogens is 2. The van der Waals surface area contributed by atoms with Crippen LogP contribution in [0.3, 0.4) is 0 Å². The maximum Gasteiger partial charge on any atom is 0.260 e. The van der Waals surface area contributed by atoms with Crippen molar-refractivity contribution in [1.29, 1.82) is 0 Å². The molecule has 0 saturated carbocycles. The quantitative estimate of drug-likeness (QED) is 0.456. The van der Waals surface area contributed by atoms with Crippen LogP contribution in [0.2, 0.25) is 5.02 Å². The summed E-state index contributed by atoms with van der Waals surface area (Å²) in [5.41, 5.74) is 0.757. The molecule has 0 spiro atoms. The summed E-state index contributed by atoms with van der Waals surface area (Å²) in [4.78, 5) is 18.7. The largest absolute Gasteiger partial charge is 0.484 e. The lowest BCUT2D eigenvalue weighted by molar-refractivity contribution is -0.134. The van der Waals surface area contributed by atoms with Crippen LogP contribution in [0, 0.1) is 0 Å². The van der Waals surface area contributed by atoms with Gasteiger partial charge in [0.2, 0.25) is 18.5 Å². The van der Waals surface area contributed by atoms with Gasteiger partial charge in [-0.2, -0.15) is 4.98 Å². The SMILES string of the molecule is COCCN(CCc1nc(-c2ccc3c(c2)OCO3)no1)C(=O)COc1ccc(Cl)cc1. The van der Waals surface area contributed by atoms with E-state index in [4.69, 9.17) is 35.1 Å². The van der Waals surface area contributed by atoms with E-state index >= 15 is 0 Å². The fourth-order valence-electron chi connectivity index (χ4n) is 3.07. The van der Waals surface area contributed by atoms with Gasteiger partial charge in [0.05, 0.1) is 6.61 Å². The second-order valence-electron chi connectivity index (χ2n) is 6.95. The molecule has 32 heavy (non-hydrogen) atoms. The maximum absolute atomic E-state index is 12.7. The highest BCUT2D eigenvalue weighted by Crippen LogP contribution is 2.35. The van der Waals surface area contributed by atoms with Crippen LogP contribution in [0.1, 0.15) is 5.89 Å². The summed E-state index contributed by atoms with van der Waals surface area (Å²) in [7, 11) is 1.59. The van der Waals surface area contributed by atoms with E-state index in [1.807, 2.05) is 6.07 Å². The van der Waals surface area contributed by atoms with E-state index < -0.39 is 0 Å². The highest BCUT2D eigenvalue weighted by atomic mass is 35.5. The van der Waals surface area contributed by atoms with Crippen molar-refractivity contribution in [3.63, 3.8) is 0 Å². The zero-order chi connectivity index (χ0) is 22.3. The molecule has 0 atom stereocenters. The van der Waals surface area contributed by atoms with Crippen LogP contribution in [0.15, 0.2) is 47.0 Å². The van der Waals surface area contributed by atoms with Crippen molar-refractivity contribution in [2.45, 2.75) is 6.42 Å². The van der Waals surface area contributed by atoms with Gasteiger partial charge in [-0.05, 0) is 42.5 Å². The Morgan fingerprint density at radius 2 is 1.94 bits per heavy atom. The molecule has 168 valence electrons. The maximum atomic E-state index is 12.7. The smallest absolute Gasteiger partial charge is 0.260 e. The Morgan fingerprint density at radius 1 is 1.12 bits per heavy atom. The zero-order valence-electron chi connectivity index (χ0n) is 17.5. The van der Waals surface area contributed by atoms with E-state index in [2.05, 4.69) is 10.1 Å². The molecule has 1 amide bonds. The molecule has 0 fully saturated rings. The van der Waals surface area contributed by atoms with Crippen LogP contribution in [0.4, 0.5) is 0 Å². The Balaban J connectivity index is 1.34. The van der Waals surface area contributed by atoms with E-state index in [1.165, 1.54) is 0 Å². The number of amides is 1. The molecule has 0 unspecified atom stereocenters. The molecule has 1 aliphatic heterocycles. The summed E-state index contributed by atoms with van der Waals surface area (Å²) in [6.07, 6.45) is 0.397. The van der Waals surface area contributed by atoms with E-state index in [0.717, 1.165) is 5.56 Å². The fraction of sp³-hybridized carbons (Fsp3) is 0.318. The first-order chi connectivity index (χ1) is 15.6. The first-order valence-corrected chi connectivity index (χ1v) is 10.4. The van der Waals surface area contributed by atoms with Crippen molar-refractivity contribution in [1.82, 2.24) is 15.0 Å². The third-order valence-corrected chi connectivity index (χ3v) is 5.04. The molecule has 0 aliphatic carbocycles. The van der Waals surface area contributed by atoms with Crippen molar-refractivity contribution in [3.05, 3.63) is 53.4 Å². The summed E-state index contributed by atoms with van der Waals surface area (Å²) in [6.45, 7) is 1.30. The first-order valence-electron chi connectivity index (χ1n) is 10.00. The van der Waals surface area contributed by atoms with E-state index in [0.29, 0.717) is 60.1 Å². The van der Waals surface area contributed by atoms with E-state index in [-0.39, 0.29) is 19.3 Å². The normalized spacial score (nSPS) is 12.1. The summed E-state index contributed by atoms with van der Waals surface area (Å²) in [6, 6.07) is 12.3. The molecule has 3 aromatic rings. The van der Waals surface area contributed by atoms with Gasteiger partial charge in [0.15, 0.2) is 18.1 Å². The van der Waals surface area contributed by atoms with Crippen molar-refractivity contribution in [2.75, 3.05) is 40.2 Å². The van der Waals surface area contributed by atoms with E-state index in [1.54, 1.807) is 48.4 Å². The van der Waals surface area contributed by atoms with Gasteiger partial charge >= 0.3 is 0 Å². The number of carbonyl (C=O) groups is 1. The Hall–Kier alpha value is -3.30. The van der Waals surface area contributed by atoms with Gasteiger partial charge in [0.1, 0.15) is 5.75 Å². The van der Waals surface area contributed by atoms with Crippen LogP contribution < -0.4 is 14.2 Å². The van der Waals surface area contributed by atoms with Crippen LogP contribution >= 0.6 is 11.6 Å². The Bertz CT molecular complexity index is 1060. The molecule has 1 aliphatic rings. The molecule has 0 radical (unpaired) electrons. The molecule has 0 N–H and O–H groups in total. The predicted octanol–water partition coefficient (Wildman–Crippen LogP) is 3.22. The van der Waals surface area contributed by atoms with Gasteiger partial charge in [-0.1, -0.05) is 16.8 Å². The van der Waals surface area contributed by atoms with Gasteiger partial charge in [-0.15, -0.1) is 0 Å². The molecular weight excluding hydrogens is 438 g/mol. The number of methoxy groups -OCH3 is 1. The average Bonchev–Trinajstić information content (AvgIpc) is 3.47. The van der Waals surface area contributed by atoms with E-state index in [9.17, 15) is 4.79 Å². The van der Waals surface area contributed by atoms with Gasteiger partial charge in [-0.25, -0.2) is 0 Å². The summed E-state index contributed by atoms with van der Waals surface area (Å²) < 4.78 is 26.8. The second kappa shape index (κ2) is 10.3. The first kappa shape index (κ1) is 21.9. The summed E-state index contributed by atoms with van der Waals surface area (Å²) >= 11 is 5.87. The Labute approximate surface area is 189 Å². The zero-order valence-corrected chi connectivity index (χ0v) is 18.2. The highest BCUT2D eigenvalue weighted by Gasteiger charge is 2.18. The number of ether oxygens (including phenoxy) is 4. The minimum atomic E-state index is -0.174.